The summed E-state index contributed by atoms with van der Waals surface area (Å²) in [6.45, 7) is 0.813. The van der Waals surface area contributed by atoms with Crippen LogP contribution in [0.25, 0.3) is 11.1 Å². The van der Waals surface area contributed by atoms with Crippen LogP contribution in [0.1, 0.15) is 44.9 Å². The third-order valence-electron chi connectivity index (χ3n) is 3.72. The number of ether oxygens (including phenoxy) is 1. The molecule has 0 bridgehead atoms. The summed E-state index contributed by atoms with van der Waals surface area (Å²) in [5, 5.41) is 3.27. The second-order valence-corrected chi connectivity index (χ2v) is 9.08. The lowest BCUT2D eigenvalue weighted by atomic mass is 10.1. The van der Waals surface area contributed by atoms with Crippen molar-refractivity contribution in [2.75, 3.05) is 11.9 Å². The first-order valence-electron chi connectivity index (χ1n) is 8.18. The molecule has 0 saturated carbocycles. The number of alkyl halides is 1. The van der Waals surface area contributed by atoms with Gasteiger partial charge in [-0.05, 0) is 30.5 Å². The van der Waals surface area contributed by atoms with Gasteiger partial charge in [-0.3, -0.25) is 0 Å². The SMILES string of the molecule is S=c1sscc1-c1ccc(OCCCCCCCCCBr)cc1. The summed E-state index contributed by atoms with van der Waals surface area (Å²) >= 11 is 8.81. The summed E-state index contributed by atoms with van der Waals surface area (Å²) in [4.78, 5) is 0. The van der Waals surface area contributed by atoms with Crippen molar-refractivity contribution in [2.45, 2.75) is 44.9 Å². The average Bonchev–Trinajstić information content (AvgIpc) is 3.00. The largest absolute Gasteiger partial charge is 0.494 e. The van der Waals surface area contributed by atoms with Crippen LogP contribution in [-0.2, 0) is 0 Å². The molecule has 0 aliphatic heterocycles. The Morgan fingerprint density at radius 1 is 0.913 bits per heavy atom. The van der Waals surface area contributed by atoms with Gasteiger partial charge in [0.25, 0.3) is 0 Å². The van der Waals surface area contributed by atoms with Gasteiger partial charge in [0.05, 0.1) is 6.61 Å². The fourth-order valence-electron chi connectivity index (χ4n) is 2.40. The molecule has 23 heavy (non-hydrogen) atoms. The number of benzene rings is 1. The van der Waals surface area contributed by atoms with Gasteiger partial charge >= 0.3 is 0 Å². The topological polar surface area (TPSA) is 9.23 Å². The Labute approximate surface area is 160 Å². The molecule has 0 spiro atoms. The molecule has 1 nitrogen and oxygen atoms in total. The summed E-state index contributed by atoms with van der Waals surface area (Å²) in [7, 11) is 3.35. The van der Waals surface area contributed by atoms with Crippen LogP contribution in [-0.4, -0.2) is 11.9 Å². The minimum absolute atomic E-state index is 0.813. The highest BCUT2D eigenvalue weighted by molar-refractivity contribution is 9.09. The minimum Gasteiger partial charge on any atom is -0.494 e. The van der Waals surface area contributed by atoms with E-state index in [1.165, 1.54) is 49.7 Å². The zero-order chi connectivity index (χ0) is 16.3. The Bertz CT molecular complexity index is 603. The van der Waals surface area contributed by atoms with Crippen LogP contribution in [0.4, 0.5) is 0 Å². The molecule has 0 unspecified atom stereocenters. The van der Waals surface area contributed by atoms with Gasteiger partial charge in [0, 0.05) is 16.3 Å². The molecule has 0 N–H and O–H groups in total. The van der Waals surface area contributed by atoms with Gasteiger partial charge in [0.2, 0.25) is 0 Å². The van der Waals surface area contributed by atoms with E-state index < -0.39 is 0 Å². The van der Waals surface area contributed by atoms with Gasteiger partial charge in [-0.25, -0.2) is 0 Å². The molecule has 0 saturated heterocycles. The van der Waals surface area contributed by atoms with E-state index in [0.29, 0.717) is 0 Å². The molecular weight excluding hydrogens is 408 g/mol. The Kier molecular flexibility index (Phi) is 9.42. The van der Waals surface area contributed by atoms with Gasteiger partial charge in [-0.1, -0.05) is 93.1 Å². The Morgan fingerprint density at radius 2 is 1.57 bits per heavy atom. The first-order valence-corrected chi connectivity index (χ1v) is 11.9. The van der Waals surface area contributed by atoms with Crippen molar-refractivity contribution < 1.29 is 4.74 Å². The normalized spacial score (nSPS) is 10.8. The lowest BCUT2D eigenvalue weighted by Gasteiger charge is -2.07. The number of hydrogen-bond donors (Lipinski definition) is 0. The number of unbranched alkanes of at least 4 members (excludes halogenated alkanes) is 6. The molecule has 0 atom stereocenters. The lowest BCUT2D eigenvalue weighted by Crippen LogP contribution is -1.97. The van der Waals surface area contributed by atoms with Crippen LogP contribution in [0, 0.1) is 3.82 Å². The first kappa shape index (κ1) is 19.1. The highest BCUT2D eigenvalue weighted by Crippen LogP contribution is 2.29. The highest BCUT2D eigenvalue weighted by Gasteiger charge is 2.02. The van der Waals surface area contributed by atoms with E-state index in [9.17, 15) is 0 Å². The van der Waals surface area contributed by atoms with Gasteiger partial charge in [-0.15, -0.1) is 0 Å². The number of halogens is 1. The van der Waals surface area contributed by atoms with Crippen LogP contribution >= 0.6 is 48.8 Å². The maximum Gasteiger partial charge on any atom is 0.119 e. The molecule has 2 aromatic rings. The first-order chi connectivity index (χ1) is 11.3. The van der Waals surface area contributed by atoms with E-state index in [4.69, 9.17) is 17.0 Å². The van der Waals surface area contributed by atoms with Crippen molar-refractivity contribution in [3.8, 4) is 16.9 Å². The predicted molar refractivity (Wildman–Crippen MR) is 110 cm³/mol. The summed E-state index contributed by atoms with van der Waals surface area (Å²) in [6.07, 6.45) is 9.11. The third kappa shape index (κ3) is 7.04. The Hall–Kier alpha value is -0.230. The van der Waals surface area contributed by atoms with Gasteiger partial charge in [0.1, 0.15) is 9.57 Å². The minimum atomic E-state index is 0.813. The smallest absolute Gasteiger partial charge is 0.119 e. The molecule has 1 aromatic heterocycles. The maximum atomic E-state index is 5.83. The van der Waals surface area contributed by atoms with Crippen molar-refractivity contribution in [1.82, 2.24) is 0 Å². The molecule has 126 valence electrons. The van der Waals surface area contributed by atoms with Crippen molar-refractivity contribution >= 4 is 48.8 Å². The van der Waals surface area contributed by atoms with Crippen molar-refractivity contribution in [3.63, 3.8) is 0 Å². The molecule has 0 aliphatic carbocycles. The van der Waals surface area contributed by atoms with Gasteiger partial charge in [-0.2, -0.15) is 0 Å². The van der Waals surface area contributed by atoms with E-state index in [0.717, 1.165) is 27.9 Å². The molecule has 0 amide bonds. The van der Waals surface area contributed by atoms with E-state index in [1.54, 1.807) is 20.7 Å². The summed E-state index contributed by atoms with van der Waals surface area (Å²) < 4.78 is 6.80. The quantitative estimate of drug-likeness (QED) is 0.156. The van der Waals surface area contributed by atoms with Gasteiger partial charge < -0.3 is 4.74 Å². The highest BCUT2D eigenvalue weighted by atomic mass is 79.9. The summed E-state index contributed by atoms with van der Waals surface area (Å²) in [5.74, 6) is 0.955. The molecule has 0 fully saturated rings. The zero-order valence-corrected chi connectivity index (χ0v) is 17.3. The molecule has 0 radical (unpaired) electrons. The van der Waals surface area contributed by atoms with Crippen LogP contribution in [0.2, 0.25) is 0 Å². The third-order valence-corrected chi connectivity index (χ3v) is 6.95. The van der Waals surface area contributed by atoms with Gasteiger partial charge in [0.15, 0.2) is 0 Å². The van der Waals surface area contributed by atoms with Crippen LogP contribution in [0.3, 0.4) is 0 Å². The number of rotatable bonds is 11. The van der Waals surface area contributed by atoms with E-state index in [2.05, 4.69) is 33.4 Å². The lowest BCUT2D eigenvalue weighted by molar-refractivity contribution is 0.304. The standard InChI is InChI=1S/C18H23BrOS3/c19-12-6-4-2-1-3-5-7-13-20-16-10-8-15(9-11-16)17-14-22-23-18(17)21/h8-11,14H,1-7,12-13H2. The second-order valence-electron chi connectivity index (χ2n) is 5.54. The summed E-state index contributed by atoms with van der Waals surface area (Å²) in [5.41, 5.74) is 2.35. The van der Waals surface area contributed by atoms with Crippen LogP contribution in [0.5, 0.6) is 5.75 Å². The Balaban J connectivity index is 1.61. The zero-order valence-electron chi connectivity index (χ0n) is 13.3. The number of hydrogen-bond acceptors (Lipinski definition) is 4. The molecule has 1 aromatic carbocycles. The second kappa shape index (κ2) is 11.3. The predicted octanol–water partition coefficient (Wildman–Crippen LogP) is 7.71. The van der Waals surface area contributed by atoms with Crippen LogP contribution in [0.15, 0.2) is 29.6 Å². The molecule has 5 heteroatoms. The fourth-order valence-corrected chi connectivity index (χ4v) is 5.19. The van der Waals surface area contributed by atoms with Crippen molar-refractivity contribution in [1.29, 1.82) is 0 Å². The van der Waals surface area contributed by atoms with Crippen LogP contribution < -0.4 is 4.74 Å². The van der Waals surface area contributed by atoms with E-state index in [-0.39, 0.29) is 0 Å². The monoisotopic (exact) mass is 430 g/mol. The Morgan fingerprint density at radius 3 is 2.17 bits per heavy atom. The van der Waals surface area contributed by atoms with Crippen molar-refractivity contribution in [3.05, 3.63) is 33.5 Å². The maximum absolute atomic E-state index is 5.83. The summed E-state index contributed by atoms with van der Waals surface area (Å²) in [6, 6.07) is 8.30. The molecule has 0 aliphatic rings. The van der Waals surface area contributed by atoms with E-state index >= 15 is 0 Å². The fraction of sp³-hybridized carbons (Fsp3) is 0.500. The van der Waals surface area contributed by atoms with E-state index in [1.807, 2.05) is 12.1 Å². The molecule has 1 heterocycles. The average molecular weight is 431 g/mol. The van der Waals surface area contributed by atoms with Crippen molar-refractivity contribution in [2.24, 2.45) is 0 Å². The molecular formula is C18H23BrOS3. The molecule has 2 rings (SSSR count).